The number of carbonyl (C=O) groups is 1. The average Bonchev–Trinajstić information content (AvgIpc) is 2.22. The first-order valence-corrected chi connectivity index (χ1v) is 5.35. The van der Waals surface area contributed by atoms with Gasteiger partial charge < -0.3 is 11.1 Å². The highest BCUT2D eigenvalue weighted by Crippen LogP contribution is 2.20. The first-order valence-electron chi connectivity index (χ1n) is 4.56. The van der Waals surface area contributed by atoms with E-state index in [0.29, 0.717) is 16.6 Å². The maximum absolute atomic E-state index is 12.9. The minimum Gasteiger partial charge on any atom is -0.325 e. The van der Waals surface area contributed by atoms with Crippen LogP contribution in [-0.2, 0) is 4.79 Å². The monoisotopic (exact) mass is 274 g/mol. The molecule has 1 aromatic rings. The van der Waals surface area contributed by atoms with Crippen LogP contribution in [0.1, 0.15) is 13.3 Å². The molecule has 15 heavy (non-hydrogen) atoms. The maximum atomic E-state index is 12.9. The Hall–Kier alpha value is -0.940. The van der Waals surface area contributed by atoms with Crippen molar-refractivity contribution in [3.63, 3.8) is 0 Å². The number of rotatable bonds is 3. The van der Waals surface area contributed by atoms with Gasteiger partial charge in [-0.3, -0.25) is 4.79 Å². The summed E-state index contributed by atoms with van der Waals surface area (Å²) in [5.74, 6) is -0.635. The van der Waals surface area contributed by atoms with E-state index in [1.165, 1.54) is 18.2 Å². The Bertz CT molecular complexity index is 370. The van der Waals surface area contributed by atoms with Crippen molar-refractivity contribution >= 4 is 27.5 Å². The summed E-state index contributed by atoms with van der Waals surface area (Å²) in [5.41, 5.74) is 6.06. The van der Waals surface area contributed by atoms with Crippen LogP contribution in [0.2, 0.25) is 0 Å². The standard InChI is InChI=1S/C10H12BrFN2O/c1-2-9(13)10(15)14-6-3-4-8(12)7(11)5-6/h3-5,9H,2,13H2,1H3,(H,14,15). The highest BCUT2D eigenvalue weighted by Gasteiger charge is 2.11. The molecular formula is C10H12BrFN2O. The van der Waals surface area contributed by atoms with E-state index in [0.717, 1.165) is 0 Å². The van der Waals surface area contributed by atoms with Crippen molar-refractivity contribution in [1.29, 1.82) is 0 Å². The fourth-order valence-corrected chi connectivity index (χ4v) is 1.37. The molecule has 0 bridgehead atoms. The zero-order chi connectivity index (χ0) is 11.4. The number of benzene rings is 1. The lowest BCUT2D eigenvalue weighted by Crippen LogP contribution is -2.34. The highest BCUT2D eigenvalue weighted by molar-refractivity contribution is 9.10. The lowest BCUT2D eigenvalue weighted by atomic mass is 10.2. The minimum atomic E-state index is -0.533. The van der Waals surface area contributed by atoms with Crippen molar-refractivity contribution in [2.24, 2.45) is 5.73 Å². The summed E-state index contributed by atoms with van der Waals surface area (Å²) in [6.45, 7) is 1.82. The molecule has 0 aliphatic heterocycles. The van der Waals surface area contributed by atoms with Gasteiger partial charge in [-0.15, -0.1) is 0 Å². The van der Waals surface area contributed by atoms with Gasteiger partial charge in [0.2, 0.25) is 5.91 Å². The first kappa shape index (κ1) is 12.1. The molecular weight excluding hydrogens is 263 g/mol. The van der Waals surface area contributed by atoms with Gasteiger partial charge in [0.15, 0.2) is 0 Å². The Morgan fingerprint density at radius 2 is 2.33 bits per heavy atom. The van der Waals surface area contributed by atoms with E-state index in [4.69, 9.17) is 5.73 Å². The molecule has 1 rings (SSSR count). The van der Waals surface area contributed by atoms with Crippen molar-refractivity contribution in [1.82, 2.24) is 0 Å². The van der Waals surface area contributed by atoms with E-state index in [-0.39, 0.29) is 11.7 Å². The van der Waals surface area contributed by atoms with E-state index in [9.17, 15) is 9.18 Å². The molecule has 82 valence electrons. The van der Waals surface area contributed by atoms with Crippen molar-refractivity contribution in [3.05, 3.63) is 28.5 Å². The van der Waals surface area contributed by atoms with E-state index in [1.54, 1.807) is 0 Å². The highest BCUT2D eigenvalue weighted by atomic mass is 79.9. The summed E-state index contributed by atoms with van der Waals surface area (Å²) in [6.07, 6.45) is 0.564. The predicted molar refractivity (Wildman–Crippen MR) is 61.0 cm³/mol. The molecule has 1 amide bonds. The summed E-state index contributed by atoms with van der Waals surface area (Å²) in [4.78, 5) is 11.4. The second-order valence-corrected chi connectivity index (χ2v) is 3.99. The third-order valence-corrected chi connectivity index (χ3v) is 2.57. The van der Waals surface area contributed by atoms with Gasteiger partial charge in [0.25, 0.3) is 0 Å². The molecule has 1 unspecified atom stereocenters. The molecule has 3 N–H and O–H groups in total. The third-order valence-electron chi connectivity index (χ3n) is 1.96. The molecule has 0 heterocycles. The van der Waals surface area contributed by atoms with Gasteiger partial charge in [-0.1, -0.05) is 6.92 Å². The molecule has 0 fully saturated rings. The third kappa shape index (κ3) is 3.28. The summed E-state index contributed by atoms with van der Waals surface area (Å²) in [5, 5.41) is 2.60. The van der Waals surface area contributed by atoms with Crippen molar-refractivity contribution in [2.45, 2.75) is 19.4 Å². The number of anilines is 1. The van der Waals surface area contributed by atoms with E-state index >= 15 is 0 Å². The lowest BCUT2D eigenvalue weighted by molar-refractivity contribution is -0.117. The Kier molecular flexibility index (Phi) is 4.23. The van der Waals surface area contributed by atoms with E-state index in [2.05, 4.69) is 21.2 Å². The Labute approximate surface area is 96.0 Å². The van der Waals surface area contributed by atoms with Crippen molar-refractivity contribution in [2.75, 3.05) is 5.32 Å². The Morgan fingerprint density at radius 3 is 2.87 bits per heavy atom. The number of amides is 1. The number of hydrogen-bond donors (Lipinski definition) is 2. The summed E-state index contributed by atoms with van der Waals surface area (Å²) in [7, 11) is 0. The molecule has 0 radical (unpaired) electrons. The van der Waals surface area contributed by atoms with Gasteiger partial charge in [-0.05, 0) is 40.5 Å². The topological polar surface area (TPSA) is 55.1 Å². The predicted octanol–water partition coefficient (Wildman–Crippen LogP) is 2.26. The van der Waals surface area contributed by atoms with Crippen LogP contribution in [0.25, 0.3) is 0 Å². The number of nitrogens with two attached hydrogens (primary N) is 1. The maximum Gasteiger partial charge on any atom is 0.241 e. The molecule has 0 aliphatic rings. The van der Waals surface area contributed by atoms with Gasteiger partial charge >= 0.3 is 0 Å². The van der Waals surface area contributed by atoms with Crippen LogP contribution in [-0.4, -0.2) is 11.9 Å². The van der Waals surface area contributed by atoms with Crippen LogP contribution in [0.4, 0.5) is 10.1 Å². The number of halogens is 2. The summed E-state index contributed by atoms with van der Waals surface area (Å²) in [6, 6.07) is 3.72. The fraction of sp³-hybridized carbons (Fsp3) is 0.300. The quantitative estimate of drug-likeness (QED) is 0.889. The number of carbonyl (C=O) groups excluding carboxylic acids is 1. The van der Waals surface area contributed by atoms with Crippen LogP contribution >= 0.6 is 15.9 Å². The van der Waals surface area contributed by atoms with E-state index in [1.807, 2.05) is 6.92 Å². The molecule has 1 aromatic carbocycles. The second-order valence-electron chi connectivity index (χ2n) is 3.13. The SMILES string of the molecule is CCC(N)C(=O)Nc1ccc(F)c(Br)c1. The molecule has 5 heteroatoms. The molecule has 0 saturated carbocycles. The van der Waals surface area contributed by atoms with Crippen LogP contribution < -0.4 is 11.1 Å². The van der Waals surface area contributed by atoms with Crippen LogP contribution in [0, 0.1) is 5.82 Å². The van der Waals surface area contributed by atoms with Crippen molar-refractivity contribution < 1.29 is 9.18 Å². The second kappa shape index (κ2) is 5.23. The molecule has 3 nitrogen and oxygen atoms in total. The molecule has 0 aliphatic carbocycles. The molecule has 0 spiro atoms. The van der Waals surface area contributed by atoms with Gasteiger partial charge in [0.05, 0.1) is 10.5 Å². The minimum absolute atomic E-state index is 0.268. The van der Waals surface area contributed by atoms with Crippen LogP contribution in [0.15, 0.2) is 22.7 Å². The smallest absolute Gasteiger partial charge is 0.241 e. The van der Waals surface area contributed by atoms with Crippen LogP contribution in [0.5, 0.6) is 0 Å². The average molecular weight is 275 g/mol. The largest absolute Gasteiger partial charge is 0.325 e. The molecule has 0 aromatic heterocycles. The van der Waals surface area contributed by atoms with Gasteiger partial charge in [0.1, 0.15) is 5.82 Å². The zero-order valence-electron chi connectivity index (χ0n) is 8.26. The lowest BCUT2D eigenvalue weighted by Gasteiger charge is -2.10. The van der Waals surface area contributed by atoms with Crippen molar-refractivity contribution in [3.8, 4) is 0 Å². The van der Waals surface area contributed by atoms with E-state index < -0.39 is 6.04 Å². The van der Waals surface area contributed by atoms with Crippen LogP contribution in [0.3, 0.4) is 0 Å². The summed E-state index contributed by atoms with van der Waals surface area (Å²) < 4.78 is 13.2. The van der Waals surface area contributed by atoms with Gasteiger partial charge in [-0.25, -0.2) is 4.39 Å². The number of nitrogens with one attached hydrogen (secondary N) is 1. The normalized spacial score (nSPS) is 12.3. The van der Waals surface area contributed by atoms with Gasteiger partial charge in [-0.2, -0.15) is 0 Å². The number of hydrogen-bond acceptors (Lipinski definition) is 2. The molecule has 0 saturated heterocycles. The first-order chi connectivity index (χ1) is 7.04. The fourth-order valence-electron chi connectivity index (χ4n) is 0.994. The molecule has 1 atom stereocenters. The summed E-state index contributed by atoms with van der Waals surface area (Å²) >= 11 is 3.03. The zero-order valence-corrected chi connectivity index (χ0v) is 9.84. The van der Waals surface area contributed by atoms with Gasteiger partial charge in [0, 0.05) is 5.69 Å². The Balaban J connectivity index is 2.73. The Morgan fingerprint density at radius 1 is 1.67 bits per heavy atom.